The Morgan fingerprint density at radius 3 is 2.48 bits per heavy atom. The maximum Gasteiger partial charge on any atom is 0.146 e. The minimum atomic E-state index is -0.326. The van der Waals surface area contributed by atoms with E-state index in [9.17, 15) is 4.39 Å². The number of hydrogen-bond donors (Lipinski definition) is 1. The normalized spacial score (nSPS) is 11.0. The second-order valence-corrected chi connectivity index (χ2v) is 7.95. The molecule has 2 rings (SSSR count). The topological polar surface area (TPSA) is 60.8 Å². The van der Waals surface area contributed by atoms with Crippen molar-refractivity contribution in [1.29, 1.82) is 0 Å². The van der Waals surface area contributed by atoms with Crippen molar-refractivity contribution >= 4 is 28.8 Å². The van der Waals surface area contributed by atoms with Crippen molar-refractivity contribution in [3.05, 3.63) is 58.2 Å². The highest BCUT2D eigenvalue weighted by molar-refractivity contribution is 8.00. The number of aryl methyl sites for hydroxylation is 1. The first-order valence-corrected chi connectivity index (χ1v) is 8.03. The van der Waals surface area contributed by atoms with Gasteiger partial charge in [-0.15, -0.1) is 11.8 Å². The lowest BCUT2D eigenvalue weighted by molar-refractivity contribution is 0.632. The molecule has 6 heteroatoms. The van der Waals surface area contributed by atoms with Crippen molar-refractivity contribution in [2.24, 2.45) is 5.11 Å². The molecule has 0 atom stereocenters. The van der Waals surface area contributed by atoms with E-state index in [4.69, 9.17) is 5.53 Å². The zero-order chi connectivity index (χ0) is 17.0. The molecular weight excluding hydrogens is 311 g/mol. The Labute approximate surface area is 139 Å². The molecule has 4 nitrogen and oxygen atoms in total. The third kappa shape index (κ3) is 4.41. The van der Waals surface area contributed by atoms with Gasteiger partial charge in [-0.3, -0.25) is 0 Å². The second-order valence-electron chi connectivity index (χ2n) is 6.11. The van der Waals surface area contributed by atoms with Gasteiger partial charge >= 0.3 is 0 Å². The Hall–Kier alpha value is -2.17. The van der Waals surface area contributed by atoms with Crippen LogP contribution in [0.2, 0.25) is 0 Å². The molecule has 0 bridgehead atoms. The summed E-state index contributed by atoms with van der Waals surface area (Å²) in [6.45, 7) is 8.17. The monoisotopic (exact) mass is 330 g/mol. The summed E-state index contributed by atoms with van der Waals surface area (Å²) < 4.78 is 13.9. The molecule has 0 aliphatic rings. The van der Waals surface area contributed by atoms with Crippen molar-refractivity contribution in [2.45, 2.75) is 37.3 Å². The average Bonchev–Trinajstić information content (AvgIpc) is 2.46. The molecule has 0 heterocycles. The third-order valence-electron chi connectivity index (χ3n) is 3.04. The molecule has 0 radical (unpaired) electrons. The molecule has 120 valence electrons. The molecule has 0 saturated heterocycles. The van der Waals surface area contributed by atoms with Crippen molar-refractivity contribution in [2.75, 3.05) is 5.32 Å². The van der Waals surface area contributed by atoms with Crippen molar-refractivity contribution < 1.29 is 4.39 Å². The van der Waals surface area contributed by atoms with Crippen molar-refractivity contribution in [3.8, 4) is 0 Å². The molecular formula is C17H19FN4S. The summed E-state index contributed by atoms with van der Waals surface area (Å²) in [5.41, 5.74) is 11.5. The van der Waals surface area contributed by atoms with Crippen LogP contribution in [0.3, 0.4) is 0 Å². The lowest BCUT2D eigenvalue weighted by Gasteiger charge is -2.23. The quantitative estimate of drug-likeness (QED) is 0.293. The maximum atomic E-state index is 14.0. The van der Waals surface area contributed by atoms with Gasteiger partial charge in [-0.05, 0) is 30.2 Å². The Morgan fingerprint density at radius 2 is 1.87 bits per heavy atom. The smallest absolute Gasteiger partial charge is 0.146 e. The predicted molar refractivity (Wildman–Crippen MR) is 95.3 cm³/mol. The van der Waals surface area contributed by atoms with Crippen LogP contribution in [0.1, 0.15) is 26.3 Å². The highest BCUT2D eigenvalue weighted by atomic mass is 32.2. The van der Waals surface area contributed by atoms with Gasteiger partial charge in [-0.25, -0.2) is 4.39 Å². The standard InChI is InChI=1S/C17H19FN4S/c1-11-9-10-14(21-22-19)16(23-17(2,3)4)15(11)20-13-8-6-5-7-12(13)18/h5-10,20H,1-4H3. The number of azide groups is 1. The molecule has 23 heavy (non-hydrogen) atoms. The number of nitrogens with zero attached hydrogens (tertiary/aromatic N) is 3. The van der Waals surface area contributed by atoms with E-state index in [0.29, 0.717) is 11.4 Å². The van der Waals surface area contributed by atoms with Crippen LogP contribution >= 0.6 is 11.8 Å². The van der Waals surface area contributed by atoms with Gasteiger partial charge in [0.15, 0.2) is 0 Å². The fourth-order valence-corrected chi connectivity index (χ4v) is 3.20. The van der Waals surface area contributed by atoms with Crippen LogP contribution in [0, 0.1) is 12.7 Å². The molecule has 0 fully saturated rings. The van der Waals surface area contributed by atoms with Gasteiger partial charge in [0.05, 0.1) is 17.1 Å². The highest BCUT2D eigenvalue weighted by Crippen LogP contribution is 2.45. The van der Waals surface area contributed by atoms with E-state index in [1.165, 1.54) is 6.07 Å². The SMILES string of the molecule is Cc1ccc(N=[N+]=[N-])c(SC(C)(C)C)c1Nc1ccccc1F. The van der Waals surface area contributed by atoms with Crippen LogP contribution < -0.4 is 5.32 Å². The fourth-order valence-electron chi connectivity index (χ4n) is 2.06. The fraction of sp³-hybridized carbons (Fsp3) is 0.294. The largest absolute Gasteiger partial charge is 0.352 e. The molecule has 0 unspecified atom stereocenters. The van der Waals surface area contributed by atoms with E-state index in [1.54, 1.807) is 36.0 Å². The summed E-state index contributed by atoms with van der Waals surface area (Å²) in [5, 5.41) is 6.93. The Balaban J connectivity index is 2.58. The Kier molecular flexibility index (Phi) is 5.19. The first kappa shape index (κ1) is 17.2. The van der Waals surface area contributed by atoms with Crippen LogP contribution in [0.15, 0.2) is 46.4 Å². The summed E-state index contributed by atoms with van der Waals surface area (Å²) in [6, 6.07) is 10.2. The van der Waals surface area contributed by atoms with Gasteiger partial charge < -0.3 is 5.32 Å². The highest BCUT2D eigenvalue weighted by Gasteiger charge is 2.20. The average molecular weight is 330 g/mol. The first-order chi connectivity index (χ1) is 10.8. The van der Waals surface area contributed by atoms with Crippen LogP contribution in [0.5, 0.6) is 0 Å². The summed E-state index contributed by atoms with van der Waals surface area (Å²) in [6.07, 6.45) is 0. The lowest BCUT2D eigenvalue weighted by atomic mass is 10.1. The minimum absolute atomic E-state index is 0.0841. The van der Waals surface area contributed by atoms with E-state index >= 15 is 0 Å². The Morgan fingerprint density at radius 1 is 1.17 bits per heavy atom. The first-order valence-electron chi connectivity index (χ1n) is 7.21. The van der Waals surface area contributed by atoms with Crippen LogP contribution in [0.4, 0.5) is 21.5 Å². The van der Waals surface area contributed by atoms with Gasteiger partial charge in [-0.2, -0.15) is 0 Å². The number of para-hydroxylation sites is 1. The number of hydrogen-bond acceptors (Lipinski definition) is 3. The van der Waals surface area contributed by atoms with E-state index in [0.717, 1.165) is 16.1 Å². The second kappa shape index (κ2) is 6.94. The van der Waals surface area contributed by atoms with E-state index < -0.39 is 0 Å². The molecule has 2 aromatic carbocycles. The molecule has 0 spiro atoms. The van der Waals surface area contributed by atoms with Crippen LogP contribution in [-0.4, -0.2) is 4.75 Å². The molecule has 0 saturated carbocycles. The molecule has 0 aliphatic heterocycles. The molecule has 0 aliphatic carbocycles. The predicted octanol–water partition coefficient (Wildman–Crippen LogP) is 6.71. The summed E-state index contributed by atoms with van der Waals surface area (Å²) in [5.74, 6) is -0.326. The van der Waals surface area contributed by atoms with Crippen molar-refractivity contribution in [3.63, 3.8) is 0 Å². The number of anilines is 2. The zero-order valence-corrected chi connectivity index (χ0v) is 14.4. The van der Waals surface area contributed by atoms with E-state index in [-0.39, 0.29) is 10.6 Å². The number of nitrogens with one attached hydrogen (secondary N) is 1. The molecule has 0 amide bonds. The minimum Gasteiger partial charge on any atom is -0.352 e. The third-order valence-corrected chi connectivity index (χ3v) is 4.27. The number of thioether (sulfide) groups is 1. The maximum absolute atomic E-state index is 14.0. The van der Waals surface area contributed by atoms with Crippen LogP contribution in [0.25, 0.3) is 10.4 Å². The van der Waals surface area contributed by atoms with Gasteiger partial charge in [0.2, 0.25) is 0 Å². The lowest BCUT2D eigenvalue weighted by Crippen LogP contribution is -2.08. The van der Waals surface area contributed by atoms with Crippen molar-refractivity contribution in [1.82, 2.24) is 0 Å². The van der Waals surface area contributed by atoms with E-state index in [2.05, 4.69) is 36.1 Å². The summed E-state index contributed by atoms with van der Waals surface area (Å²) in [7, 11) is 0. The Bertz CT molecular complexity index is 762. The van der Waals surface area contributed by atoms with E-state index in [1.807, 2.05) is 13.0 Å². The van der Waals surface area contributed by atoms with Gasteiger partial charge in [0, 0.05) is 14.6 Å². The van der Waals surface area contributed by atoms with Gasteiger partial charge in [0.25, 0.3) is 0 Å². The van der Waals surface area contributed by atoms with Gasteiger partial charge in [-0.1, -0.05) is 50.2 Å². The number of rotatable bonds is 4. The molecule has 1 N–H and O–H groups in total. The van der Waals surface area contributed by atoms with Gasteiger partial charge in [0.1, 0.15) is 5.82 Å². The molecule has 0 aromatic heterocycles. The molecule has 2 aromatic rings. The number of halogens is 1. The zero-order valence-electron chi connectivity index (χ0n) is 13.6. The summed E-state index contributed by atoms with van der Waals surface area (Å²) in [4.78, 5) is 3.72. The number of benzene rings is 2. The van der Waals surface area contributed by atoms with Crippen LogP contribution in [-0.2, 0) is 0 Å². The summed E-state index contributed by atoms with van der Waals surface area (Å²) >= 11 is 1.58.